The smallest absolute Gasteiger partial charge is 0.338 e. The fourth-order valence-corrected chi connectivity index (χ4v) is 2.53. The Morgan fingerprint density at radius 1 is 1.52 bits per heavy atom. The van der Waals surface area contributed by atoms with Gasteiger partial charge in [0.1, 0.15) is 6.61 Å². The molecule has 1 aliphatic heterocycles. The molecule has 2 N–H and O–H groups in total. The van der Waals surface area contributed by atoms with E-state index in [1.54, 1.807) is 6.92 Å². The summed E-state index contributed by atoms with van der Waals surface area (Å²) in [7, 11) is 0. The molecule has 0 saturated carbocycles. The van der Waals surface area contributed by atoms with Crippen molar-refractivity contribution in [2.24, 2.45) is 0 Å². The number of carbonyl (C=O) groups excluding carboxylic acids is 2. The minimum absolute atomic E-state index is 0.120. The van der Waals surface area contributed by atoms with Crippen molar-refractivity contribution < 1.29 is 14.3 Å². The van der Waals surface area contributed by atoms with Crippen molar-refractivity contribution in [1.29, 1.82) is 0 Å². The molecule has 5 nitrogen and oxygen atoms in total. The van der Waals surface area contributed by atoms with Gasteiger partial charge in [-0.1, -0.05) is 40.7 Å². The molecule has 0 saturated heterocycles. The molecule has 1 aliphatic rings. The first-order valence-corrected chi connectivity index (χ1v) is 7.14. The van der Waals surface area contributed by atoms with Crippen LogP contribution in [-0.2, 0) is 9.53 Å². The highest BCUT2D eigenvalue weighted by Gasteiger charge is 2.32. The molecule has 21 heavy (non-hydrogen) atoms. The summed E-state index contributed by atoms with van der Waals surface area (Å²) in [5.41, 5.74) is 1.66. The molecule has 0 aromatic heterocycles. The molecule has 1 heterocycles. The quantitative estimate of drug-likeness (QED) is 0.648. The highest BCUT2D eigenvalue weighted by molar-refractivity contribution is 9.10. The third kappa shape index (κ3) is 3.52. The van der Waals surface area contributed by atoms with Crippen LogP contribution in [0.4, 0.5) is 4.79 Å². The lowest BCUT2D eigenvalue weighted by Crippen LogP contribution is -2.45. The van der Waals surface area contributed by atoms with Crippen molar-refractivity contribution in [3.63, 3.8) is 0 Å². The third-order valence-electron chi connectivity index (χ3n) is 3.00. The van der Waals surface area contributed by atoms with E-state index in [-0.39, 0.29) is 12.6 Å². The van der Waals surface area contributed by atoms with Crippen LogP contribution in [0.2, 0.25) is 0 Å². The monoisotopic (exact) mass is 350 g/mol. The number of allylic oxidation sites excluding steroid dienone is 1. The predicted molar refractivity (Wildman–Crippen MR) is 82.4 cm³/mol. The molecule has 0 spiro atoms. The lowest BCUT2D eigenvalue weighted by atomic mass is 9.96. The Morgan fingerprint density at radius 3 is 2.95 bits per heavy atom. The van der Waals surface area contributed by atoms with Crippen molar-refractivity contribution in [2.45, 2.75) is 13.0 Å². The van der Waals surface area contributed by atoms with Crippen LogP contribution in [0.1, 0.15) is 18.5 Å². The number of benzene rings is 1. The number of nitrogens with one attached hydrogen (secondary N) is 2. The summed E-state index contributed by atoms with van der Waals surface area (Å²) in [6.07, 6.45) is 1.50. The summed E-state index contributed by atoms with van der Waals surface area (Å²) < 4.78 is 5.97. The fourth-order valence-electron chi connectivity index (χ4n) is 2.11. The number of hydrogen-bond donors (Lipinski definition) is 2. The van der Waals surface area contributed by atoms with Crippen LogP contribution in [0.25, 0.3) is 0 Å². The second-order valence-corrected chi connectivity index (χ2v) is 5.43. The summed E-state index contributed by atoms with van der Waals surface area (Å²) in [5.74, 6) is -0.482. The molecule has 1 aromatic carbocycles. The van der Waals surface area contributed by atoms with E-state index in [9.17, 15) is 9.59 Å². The van der Waals surface area contributed by atoms with Crippen molar-refractivity contribution >= 4 is 27.9 Å². The van der Waals surface area contributed by atoms with Gasteiger partial charge in [0.2, 0.25) is 0 Å². The summed E-state index contributed by atoms with van der Waals surface area (Å²) >= 11 is 3.38. The normalized spacial score (nSPS) is 17.8. The van der Waals surface area contributed by atoms with E-state index in [2.05, 4.69) is 33.1 Å². The zero-order chi connectivity index (χ0) is 15.4. The molecular weight excluding hydrogens is 336 g/mol. The summed E-state index contributed by atoms with van der Waals surface area (Å²) in [4.78, 5) is 23.9. The van der Waals surface area contributed by atoms with Crippen molar-refractivity contribution in [3.05, 3.63) is 58.2 Å². The van der Waals surface area contributed by atoms with Crippen LogP contribution in [-0.4, -0.2) is 18.6 Å². The number of rotatable bonds is 4. The van der Waals surface area contributed by atoms with Crippen LogP contribution in [0.3, 0.4) is 0 Å². The van der Waals surface area contributed by atoms with E-state index in [0.717, 1.165) is 10.0 Å². The molecule has 0 fully saturated rings. The van der Waals surface area contributed by atoms with E-state index in [0.29, 0.717) is 11.3 Å². The van der Waals surface area contributed by atoms with Gasteiger partial charge < -0.3 is 15.4 Å². The zero-order valence-corrected chi connectivity index (χ0v) is 13.1. The molecule has 2 rings (SSSR count). The highest BCUT2D eigenvalue weighted by atomic mass is 79.9. The first-order chi connectivity index (χ1) is 10.0. The zero-order valence-electron chi connectivity index (χ0n) is 11.5. The highest BCUT2D eigenvalue weighted by Crippen LogP contribution is 2.29. The minimum atomic E-state index is -0.548. The van der Waals surface area contributed by atoms with Gasteiger partial charge in [0.25, 0.3) is 0 Å². The van der Waals surface area contributed by atoms with Crippen molar-refractivity contribution in [1.82, 2.24) is 10.6 Å². The molecular formula is C15H15BrN2O3. The maximum Gasteiger partial charge on any atom is 0.338 e. The number of carbonyl (C=O) groups is 2. The number of urea groups is 1. The first kappa shape index (κ1) is 15.3. The van der Waals surface area contributed by atoms with Gasteiger partial charge in [0, 0.05) is 10.2 Å². The molecule has 0 bridgehead atoms. The number of hydrogen-bond acceptors (Lipinski definition) is 3. The van der Waals surface area contributed by atoms with Crippen molar-refractivity contribution in [3.8, 4) is 0 Å². The Morgan fingerprint density at radius 2 is 2.29 bits per heavy atom. The number of esters is 1. The number of ether oxygens (including phenoxy) is 1. The van der Waals surface area contributed by atoms with E-state index in [1.807, 2.05) is 24.3 Å². The number of amides is 2. The Bertz CT molecular complexity index is 625. The Labute approximate surface area is 131 Å². The van der Waals surface area contributed by atoms with Gasteiger partial charge in [-0.3, -0.25) is 0 Å². The van der Waals surface area contributed by atoms with Gasteiger partial charge in [-0.15, -0.1) is 0 Å². The van der Waals surface area contributed by atoms with Gasteiger partial charge in [0.05, 0.1) is 11.6 Å². The maximum atomic E-state index is 12.2. The van der Waals surface area contributed by atoms with Gasteiger partial charge in [0.15, 0.2) is 0 Å². The molecule has 0 aliphatic carbocycles. The van der Waals surface area contributed by atoms with Gasteiger partial charge in [-0.05, 0) is 24.6 Å². The SMILES string of the molecule is C=CCOC(=O)C1=C(C)NC(=O)N[C@H]1c1cccc(Br)c1. The molecule has 1 atom stereocenters. The maximum absolute atomic E-state index is 12.2. The average molecular weight is 351 g/mol. The fraction of sp³-hybridized carbons (Fsp3) is 0.200. The van der Waals surface area contributed by atoms with Crippen molar-refractivity contribution in [2.75, 3.05) is 6.61 Å². The molecule has 6 heteroatoms. The average Bonchev–Trinajstić information content (AvgIpc) is 2.44. The summed E-state index contributed by atoms with van der Waals surface area (Å²) in [6.45, 7) is 5.31. The lowest BCUT2D eigenvalue weighted by Gasteiger charge is -2.28. The molecule has 110 valence electrons. The Balaban J connectivity index is 2.40. The third-order valence-corrected chi connectivity index (χ3v) is 3.50. The summed E-state index contributed by atoms with van der Waals surface area (Å²) in [6, 6.07) is 6.51. The predicted octanol–water partition coefficient (Wildman–Crippen LogP) is 2.81. The standard InChI is InChI=1S/C15H15BrN2O3/c1-3-7-21-14(19)12-9(2)17-15(20)18-13(12)10-5-4-6-11(16)8-10/h3-6,8,13H,1,7H2,2H3,(H2,17,18,20)/t13-/m0/s1. The van der Waals surface area contributed by atoms with Crippen LogP contribution in [0, 0.1) is 0 Å². The Hall–Kier alpha value is -2.08. The second kappa shape index (κ2) is 6.58. The topological polar surface area (TPSA) is 67.4 Å². The van der Waals surface area contributed by atoms with E-state index >= 15 is 0 Å². The summed E-state index contributed by atoms with van der Waals surface area (Å²) in [5, 5.41) is 5.33. The molecule has 0 radical (unpaired) electrons. The number of halogens is 1. The largest absolute Gasteiger partial charge is 0.458 e. The van der Waals surface area contributed by atoms with Gasteiger partial charge in [-0.25, -0.2) is 9.59 Å². The van der Waals surface area contributed by atoms with E-state index in [4.69, 9.17) is 4.74 Å². The molecule has 0 unspecified atom stereocenters. The molecule has 2 amide bonds. The minimum Gasteiger partial charge on any atom is -0.458 e. The lowest BCUT2D eigenvalue weighted by molar-refractivity contribution is -0.138. The van der Waals surface area contributed by atoms with Crippen LogP contribution >= 0.6 is 15.9 Å². The Kier molecular flexibility index (Phi) is 4.80. The van der Waals surface area contributed by atoms with Crippen LogP contribution in [0.5, 0.6) is 0 Å². The second-order valence-electron chi connectivity index (χ2n) is 4.51. The van der Waals surface area contributed by atoms with E-state index in [1.165, 1.54) is 6.08 Å². The van der Waals surface area contributed by atoms with E-state index < -0.39 is 12.0 Å². The van der Waals surface area contributed by atoms with Crippen LogP contribution in [0.15, 0.2) is 52.7 Å². The van der Waals surface area contributed by atoms with Gasteiger partial charge >= 0.3 is 12.0 Å². The van der Waals surface area contributed by atoms with Gasteiger partial charge in [-0.2, -0.15) is 0 Å². The molecule has 1 aromatic rings. The first-order valence-electron chi connectivity index (χ1n) is 6.34. The van der Waals surface area contributed by atoms with Crippen LogP contribution < -0.4 is 10.6 Å².